The monoisotopic (exact) mass is 212 g/mol. The number of carbonyl (C=O) groups is 1. The van der Waals surface area contributed by atoms with Gasteiger partial charge in [0.1, 0.15) is 0 Å². The molecule has 0 aromatic heterocycles. The lowest BCUT2D eigenvalue weighted by atomic mass is 9.99. The van der Waals surface area contributed by atoms with Gasteiger partial charge in [-0.15, -0.1) is 0 Å². The molecular weight excluding hydrogens is 192 g/mol. The van der Waals surface area contributed by atoms with E-state index in [1.165, 1.54) is 0 Å². The van der Waals surface area contributed by atoms with E-state index in [0.717, 1.165) is 45.4 Å². The first-order chi connectivity index (χ1) is 7.36. The molecular formula is C11H20N2O2. The van der Waals surface area contributed by atoms with Gasteiger partial charge in [0.15, 0.2) is 0 Å². The predicted octanol–water partition coefficient (Wildman–Crippen LogP) is 0.281. The maximum Gasteiger partial charge on any atom is 0.224 e. The zero-order valence-corrected chi connectivity index (χ0v) is 9.13. The van der Waals surface area contributed by atoms with Crippen LogP contribution in [0.5, 0.6) is 0 Å². The highest BCUT2D eigenvalue weighted by atomic mass is 16.5. The van der Waals surface area contributed by atoms with Gasteiger partial charge in [0.2, 0.25) is 5.91 Å². The van der Waals surface area contributed by atoms with Crippen LogP contribution in [0.2, 0.25) is 0 Å². The summed E-state index contributed by atoms with van der Waals surface area (Å²) in [5.74, 6) is 0.359. The lowest BCUT2D eigenvalue weighted by molar-refractivity contribution is -0.126. The molecule has 2 aliphatic rings. The van der Waals surface area contributed by atoms with E-state index in [1.807, 2.05) is 0 Å². The summed E-state index contributed by atoms with van der Waals surface area (Å²) >= 11 is 0. The fourth-order valence-electron chi connectivity index (χ4n) is 2.24. The Bertz CT molecular complexity index is 209. The molecule has 2 saturated heterocycles. The van der Waals surface area contributed by atoms with E-state index in [4.69, 9.17) is 4.74 Å². The van der Waals surface area contributed by atoms with Gasteiger partial charge in [0, 0.05) is 19.7 Å². The quantitative estimate of drug-likeness (QED) is 0.706. The van der Waals surface area contributed by atoms with Gasteiger partial charge < -0.3 is 15.4 Å². The van der Waals surface area contributed by atoms with Crippen LogP contribution in [0.4, 0.5) is 0 Å². The second-order valence-corrected chi connectivity index (χ2v) is 4.42. The van der Waals surface area contributed by atoms with Gasteiger partial charge in [0.05, 0.1) is 12.0 Å². The molecule has 2 rings (SSSR count). The van der Waals surface area contributed by atoms with E-state index in [-0.39, 0.29) is 17.9 Å². The van der Waals surface area contributed by atoms with Gasteiger partial charge in [-0.2, -0.15) is 0 Å². The molecule has 0 radical (unpaired) electrons. The van der Waals surface area contributed by atoms with Crippen molar-refractivity contribution in [3.8, 4) is 0 Å². The Morgan fingerprint density at radius 3 is 3.00 bits per heavy atom. The van der Waals surface area contributed by atoms with Crippen molar-refractivity contribution in [2.24, 2.45) is 5.92 Å². The van der Waals surface area contributed by atoms with E-state index in [1.54, 1.807) is 0 Å². The van der Waals surface area contributed by atoms with Gasteiger partial charge in [-0.05, 0) is 32.2 Å². The molecule has 4 nitrogen and oxygen atoms in total. The maximum absolute atomic E-state index is 11.7. The highest BCUT2D eigenvalue weighted by Gasteiger charge is 2.22. The van der Waals surface area contributed by atoms with Gasteiger partial charge in [0.25, 0.3) is 0 Å². The van der Waals surface area contributed by atoms with Crippen LogP contribution in [0.1, 0.15) is 25.7 Å². The highest BCUT2D eigenvalue weighted by molar-refractivity contribution is 5.78. The number of nitrogens with one attached hydrogen (secondary N) is 2. The molecule has 86 valence electrons. The molecule has 2 N–H and O–H groups in total. The van der Waals surface area contributed by atoms with Crippen molar-refractivity contribution in [1.82, 2.24) is 10.6 Å². The van der Waals surface area contributed by atoms with Crippen LogP contribution >= 0.6 is 0 Å². The minimum absolute atomic E-state index is 0.167. The zero-order valence-electron chi connectivity index (χ0n) is 9.13. The molecule has 2 aliphatic heterocycles. The van der Waals surface area contributed by atoms with Crippen molar-refractivity contribution >= 4 is 5.91 Å². The smallest absolute Gasteiger partial charge is 0.224 e. The summed E-state index contributed by atoms with van der Waals surface area (Å²) in [5.41, 5.74) is 0. The van der Waals surface area contributed by atoms with Crippen molar-refractivity contribution in [2.45, 2.75) is 31.8 Å². The van der Waals surface area contributed by atoms with Gasteiger partial charge >= 0.3 is 0 Å². The third kappa shape index (κ3) is 3.18. The van der Waals surface area contributed by atoms with Crippen molar-refractivity contribution in [2.75, 3.05) is 26.2 Å². The van der Waals surface area contributed by atoms with E-state index in [9.17, 15) is 4.79 Å². The highest BCUT2D eigenvalue weighted by Crippen LogP contribution is 2.12. The first kappa shape index (κ1) is 10.9. The summed E-state index contributed by atoms with van der Waals surface area (Å²) in [7, 11) is 0. The predicted molar refractivity (Wildman–Crippen MR) is 57.6 cm³/mol. The normalized spacial score (nSPS) is 31.5. The summed E-state index contributed by atoms with van der Waals surface area (Å²) < 4.78 is 5.46. The Morgan fingerprint density at radius 1 is 1.40 bits per heavy atom. The number of carbonyl (C=O) groups excluding carboxylic acids is 1. The Balaban J connectivity index is 1.66. The van der Waals surface area contributed by atoms with Crippen LogP contribution < -0.4 is 10.6 Å². The molecule has 2 fully saturated rings. The van der Waals surface area contributed by atoms with E-state index in [0.29, 0.717) is 6.54 Å². The first-order valence-electron chi connectivity index (χ1n) is 5.96. The third-order valence-corrected chi connectivity index (χ3v) is 3.20. The molecule has 0 aliphatic carbocycles. The average Bonchev–Trinajstić information content (AvgIpc) is 2.80. The molecule has 2 heterocycles. The summed E-state index contributed by atoms with van der Waals surface area (Å²) in [6, 6.07) is 0. The molecule has 0 aromatic carbocycles. The van der Waals surface area contributed by atoms with E-state index in [2.05, 4.69) is 10.6 Å². The second-order valence-electron chi connectivity index (χ2n) is 4.42. The Morgan fingerprint density at radius 2 is 2.33 bits per heavy atom. The van der Waals surface area contributed by atoms with Crippen LogP contribution in [-0.4, -0.2) is 38.3 Å². The fourth-order valence-corrected chi connectivity index (χ4v) is 2.24. The number of hydrogen-bond donors (Lipinski definition) is 2. The minimum Gasteiger partial charge on any atom is -0.376 e. The zero-order chi connectivity index (χ0) is 10.5. The van der Waals surface area contributed by atoms with Crippen LogP contribution in [0.3, 0.4) is 0 Å². The molecule has 0 unspecified atom stereocenters. The molecule has 1 amide bonds. The van der Waals surface area contributed by atoms with Crippen LogP contribution in [0.15, 0.2) is 0 Å². The topological polar surface area (TPSA) is 50.4 Å². The van der Waals surface area contributed by atoms with Crippen molar-refractivity contribution in [3.63, 3.8) is 0 Å². The minimum atomic E-state index is 0.167. The van der Waals surface area contributed by atoms with Gasteiger partial charge in [-0.3, -0.25) is 4.79 Å². The Hall–Kier alpha value is -0.610. The lowest BCUT2D eigenvalue weighted by Crippen LogP contribution is -2.42. The first-order valence-corrected chi connectivity index (χ1v) is 5.96. The molecule has 0 aromatic rings. The van der Waals surface area contributed by atoms with Crippen molar-refractivity contribution in [1.29, 1.82) is 0 Å². The molecule has 0 bridgehead atoms. The summed E-state index contributed by atoms with van der Waals surface area (Å²) in [5, 5.41) is 6.24. The van der Waals surface area contributed by atoms with Gasteiger partial charge in [-0.25, -0.2) is 0 Å². The summed E-state index contributed by atoms with van der Waals surface area (Å²) in [4.78, 5) is 11.7. The summed E-state index contributed by atoms with van der Waals surface area (Å²) in [6.45, 7) is 3.42. The lowest BCUT2D eigenvalue weighted by Gasteiger charge is -2.22. The largest absolute Gasteiger partial charge is 0.376 e. The van der Waals surface area contributed by atoms with Crippen LogP contribution in [0, 0.1) is 5.92 Å². The third-order valence-electron chi connectivity index (χ3n) is 3.20. The van der Waals surface area contributed by atoms with Crippen molar-refractivity contribution in [3.05, 3.63) is 0 Å². The number of ether oxygens (including phenoxy) is 1. The van der Waals surface area contributed by atoms with Crippen LogP contribution in [-0.2, 0) is 9.53 Å². The fraction of sp³-hybridized carbons (Fsp3) is 0.909. The number of piperidine rings is 1. The molecule has 4 heteroatoms. The molecule has 0 spiro atoms. The molecule has 0 saturated carbocycles. The van der Waals surface area contributed by atoms with E-state index < -0.39 is 0 Å². The van der Waals surface area contributed by atoms with Crippen molar-refractivity contribution < 1.29 is 9.53 Å². The Kier molecular flexibility index (Phi) is 3.97. The summed E-state index contributed by atoms with van der Waals surface area (Å²) in [6.07, 6.45) is 4.60. The van der Waals surface area contributed by atoms with E-state index >= 15 is 0 Å². The van der Waals surface area contributed by atoms with Crippen LogP contribution in [0.25, 0.3) is 0 Å². The maximum atomic E-state index is 11.7. The standard InChI is InChI=1S/C11H20N2O2/c14-11(9-3-1-5-12-7-9)13-8-10-4-2-6-15-10/h9-10,12H,1-8H2,(H,13,14)/t9-,10+/m1/s1. The number of amides is 1. The second kappa shape index (κ2) is 5.47. The number of rotatable bonds is 3. The van der Waals surface area contributed by atoms with Gasteiger partial charge in [-0.1, -0.05) is 0 Å². The Labute approximate surface area is 90.8 Å². The average molecular weight is 212 g/mol. The molecule has 2 atom stereocenters. The molecule has 15 heavy (non-hydrogen) atoms. The SMILES string of the molecule is O=C(NC[C@@H]1CCCO1)[C@@H]1CCCNC1. The number of hydrogen-bond acceptors (Lipinski definition) is 3.